The van der Waals surface area contributed by atoms with Crippen molar-refractivity contribution in [2.45, 2.75) is 97.9 Å². The Labute approximate surface area is 244 Å². The molecule has 9 heteroatoms. The highest BCUT2D eigenvalue weighted by atomic mass is 16.6. The maximum Gasteiger partial charge on any atom is 0.408 e. The number of primary amides is 1. The maximum absolute atomic E-state index is 14.2. The Balaban J connectivity index is 2.52. The summed E-state index contributed by atoms with van der Waals surface area (Å²) in [6, 6.07) is 13.2. The van der Waals surface area contributed by atoms with Crippen LogP contribution in [0.15, 0.2) is 48.5 Å². The van der Waals surface area contributed by atoms with Crippen LogP contribution in [0.1, 0.15) is 88.1 Å². The molecular formula is C32H46N4O5. The van der Waals surface area contributed by atoms with Gasteiger partial charge in [-0.05, 0) is 69.7 Å². The van der Waals surface area contributed by atoms with Crippen LogP contribution in [-0.2, 0) is 25.7 Å². The van der Waals surface area contributed by atoms with Crippen LogP contribution in [0.5, 0.6) is 0 Å². The van der Waals surface area contributed by atoms with Crippen LogP contribution in [0.25, 0.3) is 0 Å². The van der Waals surface area contributed by atoms with Crippen molar-refractivity contribution in [3.63, 3.8) is 0 Å². The summed E-state index contributed by atoms with van der Waals surface area (Å²) in [5.41, 5.74) is 8.25. The summed E-state index contributed by atoms with van der Waals surface area (Å²) >= 11 is 0. The number of rotatable bonds is 14. The highest BCUT2D eigenvalue weighted by Gasteiger charge is 2.36. The van der Waals surface area contributed by atoms with Crippen molar-refractivity contribution in [1.29, 1.82) is 0 Å². The van der Waals surface area contributed by atoms with Crippen molar-refractivity contribution in [2.24, 2.45) is 5.73 Å². The molecule has 0 bridgehead atoms. The fourth-order valence-corrected chi connectivity index (χ4v) is 4.38. The average Bonchev–Trinajstić information content (AvgIpc) is 2.90. The van der Waals surface area contributed by atoms with Crippen LogP contribution in [0.4, 0.5) is 4.79 Å². The number of benzene rings is 2. The first-order valence-electron chi connectivity index (χ1n) is 14.3. The van der Waals surface area contributed by atoms with E-state index in [0.717, 1.165) is 29.5 Å². The molecule has 2 rings (SSSR count). The molecule has 2 atom stereocenters. The zero-order valence-corrected chi connectivity index (χ0v) is 25.3. The lowest BCUT2D eigenvalue weighted by molar-refractivity contribution is -0.143. The summed E-state index contributed by atoms with van der Waals surface area (Å²) in [7, 11) is 0. The van der Waals surface area contributed by atoms with E-state index in [0.29, 0.717) is 18.5 Å². The number of unbranched alkanes of at least 4 members (excludes halogenated alkanes) is 2. The molecule has 224 valence electrons. The monoisotopic (exact) mass is 566 g/mol. The van der Waals surface area contributed by atoms with E-state index in [-0.39, 0.29) is 25.3 Å². The summed E-state index contributed by atoms with van der Waals surface area (Å²) in [5.74, 6) is -1.42. The van der Waals surface area contributed by atoms with Gasteiger partial charge in [-0.1, -0.05) is 68.3 Å². The fourth-order valence-electron chi connectivity index (χ4n) is 4.38. The molecule has 0 fully saturated rings. The van der Waals surface area contributed by atoms with E-state index in [1.807, 2.05) is 62.4 Å². The molecule has 0 radical (unpaired) electrons. The van der Waals surface area contributed by atoms with Gasteiger partial charge in [-0.2, -0.15) is 0 Å². The molecule has 0 saturated heterocycles. The van der Waals surface area contributed by atoms with Crippen LogP contribution in [0, 0.1) is 13.8 Å². The van der Waals surface area contributed by atoms with Gasteiger partial charge in [-0.15, -0.1) is 0 Å². The third-order valence-corrected chi connectivity index (χ3v) is 6.67. The summed E-state index contributed by atoms with van der Waals surface area (Å²) in [4.78, 5) is 54.0. The largest absolute Gasteiger partial charge is 0.444 e. The first-order chi connectivity index (χ1) is 19.3. The number of carbonyl (C=O) groups is 4. The number of ether oxygens (including phenoxy) is 1. The van der Waals surface area contributed by atoms with Gasteiger partial charge in [0.25, 0.3) is 0 Å². The minimum absolute atomic E-state index is 0.0248. The van der Waals surface area contributed by atoms with Gasteiger partial charge in [0.2, 0.25) is 17.7 Å². The van der Waals surface area contributed by atoms with Gasteiger partial charge in [-0.3, -0.25) is 14.4 Å². The van der Waals surface area contributed by atoms with Crippen molar-refractivity contribution in [1.82, 2.24) is 15.5 Å². The van der Waals surface area contributed by atoms with E-state index in [1.54, 1.807) is 20.8 Å². The van der Waals surface area contributed by atoms with Crippen molar-refractivity contribution < 1.29 is 23.9 Å². The molecule has 0 heterocycles. The number of carbonyl (C=O) groups excluding carboxylic acids is 4. The van der Waals surface area contributed by atoms with Crippen molar-refractivity contribution in [3.05, 3.63) is 70.8 Å². The second kappa shape index (κ2) is 15.8. The van der Waals surface area contributed by atoms with Crippen molar-refractivity contribution in [2.75, 3.05) is 6.54 Å². The van der Waals surface area contributed by atoms with Gasteiger partial charge in [0, 0.05) is 19.5 Å². The van der Waals surface area contributed by atoms with Gasteiger partial charge in [0.15, 0.2) is 0 Å². The highest BCUT2D eigenvalue weighted by molar-refractivity contribution is 5.92. The molecule has 0 spiro atoms. The SMILES string of the molecule is CCCCCN(C(=O)C(CCC(N)=O)NC(=O)OC(C)(C)C)C(C(=O)NCc1ccccc1)c1ccc(C)c(C)c1. The second-order valence-corrected chi connectivity index (χ2v) is 11.4. The summed E-state index contributed by atoms with van der Waals surface area (Å²) in [6.07, 6.45) is 1.49. The summed E-state index contributed by atoms with van der Waals surface area (Å²) in [5, 5.41) is 5.63. The topological polar surface area (TPSA) is 131 Å². The van der Waals surface area contributed by atoms with Gasteiger partial charge >= 0.3 is 6.09 Å². The van der Waals surface area contributed by atoms with E-state index in [4.69, 9.17) is 10.5 Å². The molecule has 0 saturated carbocycles. The number of nitrogens with one attached hydrogen (secondary N) is 2. The molecule has 0 aliphatic carbocycles. The number of nitrogens with zero attached hydrogens (tertiary/aromatic N) is 1. The Morgan fingerprint density at radius 3 is 2.24 bits per heavy atom. The van der Waals surface area contributed by atoms with E-state index in [2.05, 4.69) is 17.6 Å². The normalized spacial score (nSPS) is 12.6. The second-order valence-electron chi connectivity index (χ2n) is 11.4. The van der Waals surface area contributed by atoms with Gasteiger partial charge < -0.3 is 26.0 Å². The quantitative estimate of drug-likeness (QED) is 0.282. The third kappa shape index (κ3) is 11.3. The number of amides is 4. The van der Waals surface area contributed by atoms with E-state index < -0.39 is 35.6 Å². The van der Waals surface area contributed by atoms with Crippen LogP contribution in [0.3, 0.4) is 0 Å². The predicted octanol–water partition coefficient (Wildman–Crippen LogP) is 4.84. The molecule has 0 aliphatic heterocycles. The Morgan fingerprint density at radius 2 is 1.66 bits per heavy atom. The van der Waals surface area contributed by atoms with Crippen LogP contribution in [-0.4, -0.2) is 46.9 Å². The smallest absolute Gasteiger partial charge is 0.408 e. The minimum Gasteiger partial charge on any atom is -0.444 e. The number of hydrogen-bond donors (Lipinski definition) is 3. The van der Waals surface area contributed by atoms with E-state index in [1.165, 1.54) is 4.90 Å². The Hall–Kier alpha value is -3.88. The molecule has 41 heavy (non-hydrogen) atoms. The molecule has 9 nitrogen and oxygen atoms in total. The zero-order valence-electron chi connectivity index (χ0n) is 25.3. The summed E-state index contributed by atoms with van der Waals surface area (Å²) < 4.78 is 5.40. The first-order valence-corrected chi connectivity index (χ1v) is 14.3. The number of alkyl carbamates (subject to hydrolysis) is 1. The molecule has 2 aromatic carbocycles. The number of aryl methyl sites for hydroxylation is 2. The summed E-state index contributed by atoms with van der Waals surface area (Å²) in [6.45, 7) is 11.7. The molecule has 4 N–H and O–H groups in total. The standard InChI is InChI=1S/C32H46N4O5/c1-7-8-12-19-36(30(39)26(17-18-27(33)37)35-31(40)41-32(4,5)6)28(25-16-15-22(2)23(3)20-25)29(38)34-21-24-13-10-9-11-14-24/h9-11,13-16,20,26,28H,7-8,12,17-19,21H2,1-6H3,(H2,33,37)(H,34,38)(H,35,40). The van der Waals surface area contributed by atoms with Gasteiger partial charge in [0.1, 0.15) is 17.7 Å². The number of nitrogens with two attached hydrogens (primary N) is 1. The third-order valence-electron chi connectivity index (χ3n) is 6.67. The average molecular weight is 567 g/mol. The molecule has 4 amide bonds. The molecule has 2 aromatic rings. The molecule has 0 aliphatic rings. The first kappa shape index (κ1) is 33.3. The lowest BCUT2D eigenvalue weighted by Crippen LogP contribution is -2.53. The lowest BCUT2D eigenvalue weighted by atomic mass is 9.97. The van der Waals surface area contributed by atoms with E-state index >= 15 is 0 Å². The van der Waals surface area contributed by atoms with Crippen molar-refractivity contribution >= 4 is 23.8 Å². The van der Waals surface area contributed by atoms with Gasteiger partial charge in [-0.25, -0.2) is 4.79 Å². The van der Waals surface area contributed by atoms with Crippen LogP contribution < -0.4 is 16.4 Å². The van der Waals surface area contributed by atoms with Gasteiger partial charge in [0.05, 0.1) is 0 Å². The van der Waals surface area contributed by atoms with Crippen LogP contribution >= 0.6 is 0 Å². The molecular weight excluding hydrogens is 520 g/mol. The highest BCUT2D eigenvalue weighted by Crippen LogP contribution is 2.26. The van der Waals surface area contributed by atoms with E-state index in [9.17, 15) is 19.2 Å². The van der Waals surface area contributed by atoms with Crippen LogP contribution in [0.2, 0.25) is 0 Å². The number of hydrogen-bond acceptors (Lipinski definition) is 5. The predicted molar refractivity (Wildman–Crippen MR) is 160 cm³/mol. The molecule has 0 aromatic heterocycles. The molecule has 2 unspecified atom stereocenters. The zero-order chi connectivity index (χ0) is 30.6. The fraction of sp³-hybridized carbons (Fsp3) is 0.500. The Bertz CT molecular complexity index is 1180. The van der Waals surface area contributed by atoms with Crippen molar-refractivity contribution in [3.8, 4) is 0 Å². The Morgan fingerprint density at radius 1 is 0.976 bits per heavy atom. The lowest BCUT2D eigenvalue weighted by Gasteiger charge is -2.35. The minimum atomic E-state index is -1.12. The Kier molecular flexibility index (Phi) is 12.8. The maximum atomic E-state index is 14.2.